The second kappa shape index (κ2) is 10.6. The topological polar surface area (TPSA) is 43.4 Å². The van der Waals surface area contributed by atoms with E-state index in [1.165, 1.54) is 44.9 Å². The number of carbonyl (C=O) groups excluding carboxylic acids is 2. The highest BCUT2D eigenvalue weighted by molar-refractivity contribution is 6.18. The number of esters is 1. The molecule has 3 heteroatoms. The Hall–Kier alpha value is -1.12. The quantitative estimate of drug-likeness (QED) is 0.302. The zero-order chi connectivity index (χ0) is 16.4. The van der Waals surface area contributed by atoms with Gasteiger partial charge >= 0.3 is 5.97 Å². The molecule has 0 aromatic carbocycles. The number of hydrogen-bond donors (Lipinski definition) is 0. The fraction of sp³-hybridized carbons (Fsp3) is 0.789. The van der Waals surface area contributed by atoms with Crippen LogP contribution >= 0.6 is 0 Å². The van der Waals surface area contributed by atoms with Gasteiger partial charge in [-0.3, -0.25) is 4.79 Å². The van der Waals surface area contributed by atoms with Crippen molar-refractivity contribution in [2.75, 3.05) is 0 Å². The lowest BCUT2D eigenvalue weighted by molar-refractivity contribution is -0.146. The molecule has 1 rings (SSSR count). The van der Waals surface area contributed by atoms with Crippen molar-refractivity contribution in [3.63, 3.8) is 0 Å². The van der Waals surface area contributed by atoms with Crippen LogP contribution < -0.4 is 0 Å². The summed E-state index contributed by atoms with van der Waals surface area (Å²) in [6.45, 7) is 5.97. The lowest BCUT2D eigenvalue weighted by Crippen LogP contribution is -2.27. The first-order valence-corrected chi connectivity index (χ1v) is 9.00. The predicted molar refractivity (Wildman–Crippen MR) is 89.7 cm³/mol. The molecule has 0 aromatic rings. The summed E-state index contributed by atoms with van der Waals surface area (Å²) in [5.41, 5.74) is 1.21. The summed E-state index contributed by atoms with van der Waals surface area (Å²) < 4.78 is 5.16. The minimum absolute atomic E-state index is 0.0302. The van der Waals surface area contributed by atoms with Gasteiger partial charge in [0.1, 0.15) is 11.7 Å². The maximum atomic E-state index is 12.2. The highest BCUT2D eigenvalue weighted by Gasteiger charge is 2.28. The molecule has 0 aromatic heterocycles. The Morgan fingerprint density at radius 2 is 1.59 bits per heavy atom. The Morgan fingerprint density at radius 1 is 1.05 bits per heavy atom. The van der Waals surface area contributed by atoms with Gasteiger partial charge in [0.15, 0.2) is 5.78 Å². The Morgan fingerprint density at radius 3 is 2.14 bits per heavy atom. The highest BCUT2D eigenvalue weighted by atomic mass is 16.5. The van der Waals surface area contributed by atoms with E-state index in [4.69, 9.17) is 4.74 Å². The Balaban J connectivity index is 2.16. The third-order valence-electron chi connectivity index (χ3n) is 4.32. The summed E-state index contributed by atoms with van der Waals surface area (Å²) in [5.74, 6) is -0.450. The largest absolute Gasteiger partial charge is 0.459 e. The summed E-state index contributed by atoms with van der Waals surface area (Å²) in [7, 11) is 0. The molecule has 0 radical (unpaired) electrons. The molecule has 0 unspecified atom stereocenters. The van der Waals surface area contributed by atoms with E-state index >= 15 is 0 Å². The van der Waals surface area contributed by atoms with E-state index in [0.29, 0.717) is 18.4 Å². The lowest BCUT2D eigenvalue weighted by Gasteiger charge is -2.22. The van der Waals surface area contributed by atoms with Crippen molar-refractivity contribution >= 4 is 11.8 Å². The minimum Gasteiger partial charge on any atom is -0.459 e. The molecule has 126 valence electrons. The van der Waals surface area contributed by atoms with Gasteiger partial charge in [0, 0.05) is 12.8 Å². The first-order valence-electron chi connectivity index (χ1n) is 9.00. The first-order chi connectivity index (χ1) is 10.6. The maximum Gasteiger partial charge on any atom is 0.341 e. The second-order valence-corrected chi connectivity index (χ2v) is 6.58. The van der Waals surface area contributed by atoms with Crippen LogP contribution in [0.3, 0.4) is 0 Å². The number of rotatable bonds is 11. The third-order valence-corrected chi connectivity index (χ3v) is 4.32. The molecule has 0 aliphatic carbocycles. The van der Waals surface area contributed by atoms with E-state index in [0.717, 1.165) is 18.4 Å². The van der Waals surface area contributed by atoms with Crippen molar-refractivity contribution < 1.29 is 14.3 Å². The van der Waals surface area contributed by atoms with Gasteiger partial charge < -0.3 is 4.74 Å². The molecule has 0 amide bonds. The van der Waals surface area contributed by atoms with Crippen LogP contribution in [-0.4, -0.2) is 17.9 Å². The number of ether oxygens (including phenoxy) is 1. The van der Waals surface area contributed by atoms with Crippen molar-refractivity contribution in [1.29, 1.82) is 0 Å². The molecule has 0 saturated carbocycles. The number of Topliss-reactive ketones (excluding diaryl/α,β-unsaturated/α-hetero) is 1. The molecule has 0 N–H and O–H groups in total. The van der Waals surface area contributed by atoms with Crippen LogP contribution in [0.5, 0.6) is 0 Å². The summed E-state index contributed by atoms with van der Waals surface area (Å²) in [6, 6.07) is 0. The van der Waals surface area contributed by atoms with Crippen LogP contribution in [-0.2, 0) is 14.3 Å². The standard InChI is InChI=1S/C19H32O3/c1-4-5-6-7-8-9-10-11-12-13-17(20)18-15(2)14-16(3)22-19(18)21/h16H,4-14H2,1-3H3/t16-/m1/s1. The average Bonchev–Trinajstić information content (AvgIpc) is 2.44. The van der Waals surface area contributed by atoms with Crippen molar-refractivity contribution in [2.24, 2.45) is 0 Å². The first kappa shape index (κ1) is 18.9. The fourth-order valence-electron chi connectivity index (χ4n) is 3.06. The van der Waals surface area contributed by atoms with Gasteiger partial charge in [-0.05, 0) is 20.3 Å². The van der Waals surface area contributed by atoms with Gasteiger partial charge in [-0.2, -0.15) is 0 Å². The van der Waals surface area contributed by atoms with E-state index in [2.05, 4.69) is 6.92 Å². The summed E-state index contributed by atoms with van der Waals surface area (Å²) in [4.78, 5) is 24.0. The summed E-state index contributed by atoms with van der Waals surface area (Å²) in [5, 5.41) is 0. The van der Waals surface area contributed by atoms with Gasteiger partial charge in [-0.15, -0.1) is 0 Å². The predicted octanol–water partition coefficient (Wildman–Crippen LogP) is 5.13. The van der Waals surface area contributed by atoms with Gasteiger partial charge in [0.2, 0.25) is 0 Å². The molecule has 0 spiro atoms. The zero-order valence-electron chi connectivity index (χ0n) is 14.6. The Labute approximate surface area is 135 Å². The molecule has 0 bridgehead atoms. The molecule has 1 heterocycles. The monoisotopic (exact) mass is 308 g/mol. The molecule has 3 nitrogen and oxygen atoms in total. The van der Waals surface area contributed by atoms with Crippen LogP contribution in [0.4, 0.5) is 0 Å². The number of unbranched alkanes of at least 4 members (excludes halogenated alkanes) is 8. The average molecular weight is 308 g/mol. The van der Waals surface area contributed by atoms with Crippen molar-refractivity contribution in [3.05, 3.63) is 11.1 Å². The van der Waals surface area contributed by atoms with Crippen LogP contribution in [0.15, 0.2) is 11.1 Å². The van der Waals surface area contributed by atoms with Crippen molar-refractivity contribution in [3.8, 4) is 0 Å². The summed E-state index contributed by atoms with van der Waals surface area (Å²) >= 11 is 0. The van der Waals surface area contributed by atoms with E-state index in [9.17, 15) is 9.59 Å². The lowest BCUT2D eigenvalue weighted by atomic mass is 9.95. The molecular weight excluding hydrogens is 276 g/mol. The Bertz CT molecular complexity index is 395. The number of cyclic esters (lactones) is 1. The van der Waals surface area contributed by atoms with Gasteiger partial charge in [0.25, 0.3) is 0 Å². The summed E-state index contributed by atoms with van der Waals surface area (Å²) in [6.07, 6.45) is 12.1. The van der Waals surface area contributed by atoms with Crippen LogP contribution in [0.25, 0.3) is 0 Å². The molecule has 1 aliphatic heterocycles. The molecule has 0 fully saturated rings. The van der Waals surface area contributed by atoms with Crippen molar-refractivity contribution in [1.82, 2.24) is 0 Å². The normalized spacial score (nSPS) is 18.5. The second-order valence-electron chi connectivity index (χ2n) is 6.58. The van der Waals surface area contributed by atoms with Gasteiger partial charge in [-0.25, -0.2) is 4.79 Å². The number of carbonyl (C=O) groups is 2. The van der Waals surface area contributed by atoms with E-state index in [-0.39, 0.29) is 11.9 Å². The number of ketones is 1. The molecule has 22 heavy (non-hydrogen) atoms. The van der Waals surface area contributed by atoms with Crippen LogP contribution in [0, 0.1) is 0 Å². The Kier molecular flexibility index (Phi) is 9.10. The van der Waals surface area contributed by atoms with E-state index in [1.807, 2.05) is 13.8 Å². The molecule has 0 saturated heterocycles. The van der Waals surface area contributed by atoms with Gasteiger partial charge in [-0.1, -0.05) is 63.9 Å². The number of hydrogen-bond acceptors (Lipinski definition) is 3. The van der Waals surface area contributed by atoms with Crippen LogP contribution in [0.2, 0.25) is 0 Å². The van der Waals surface area contributed by atoms with Crippen LogP contribution in [0.1, 0.15) is 91.4 Å². The van der Waals surface area contributed by atoms with Gasteiger partial charge in [0.05, 0.1) is 0 Å². The fourth-order valence-corrected chi connectivity index (χ4v) is 3.06. The zero-order valence-corrected chi connectivity index (χ0v) is 14.6. The van der Waals surface area contributed by atoms with Crippen molar-refractivity contribution in [2.45, 2.75) is 97.5 Å². The highest BCUT2D eigenvalue weighted by Crippen LogP contribution is 2.23. The third kappa shape index (κ3) is 6.76. The minimum atomic E-state index is -0.419. The van der Waals surface area contributed by atoms with E-state index < -0.39 is 5.97 Å². The molecule has 1 aliphatic rings. The molecular formula is C19H32O3. The van der Waals surface area contributed by atoms with E-state index in [1.54, 1.807) is 0 Å². The maximum absolute atomic E-state index is 12.2. The SMILES string of the molecule is CCCCCCCCCCCC(=O)C1=C(C)C[C@@H](C)OC1=O. The smallest absolute Gasteiger partial charge is 0.341 e. The molecule has 1 atom stereocenters.